The molecule has 0 bridgehead atoms. The Balaban J connectivity index is 0. The predicted molar refractivity (Wildman–Crippen MR) is 48.3 cm³/mol. The summed E-state index contributed by atoms with van der Waals surface area (Å²) in [6.07, 6.45) is 0.0833. The topological polar surface area (TPSA) is 82.1 Å². The van der Waals surface area contributed by atoms with E-state index in [1.54, 1.807) is 0 Å². The minimum atomic E-state index is -1.25. The Labute approximate surface area is 82.8 Å². The molecule has 0 heterocycles. The summed E-state index contributed by atoms with van der Waals surface area (Å²) in [4.78, 5) is 19.4. The largest absolute Gasteiger partial charge is 0.507 e. The number of carbonyl (C=O) groups excluding carboxylic acids is 1. The Morgan fingerprint density at radius 1 is 1.21 bits per heavy atom. The number of carboxylic acid groups (broad SMARTS) is 1. The molecule has 0 aromatic carbocycles. The molecule has 14 heavy (non-hydrogen) atoms. The smallest absolute Gasteiger partial charge is 0.450 e. The van der Waals surface area contributed by atoms with E-state index in [9.17, 15) is 4.79 Å². The van der Waals surface area contributed by atoms with Crippen LogP contribution >= 0.6 is 0 Å². The van der Waals surface area contributed by atoms with Crippen LogP contribution < -0.4 is 0 Å². The fraction of sp³-hybridized carbons (Fsp3) is 0.750. The van der Waals surface area contributed by atoms with E-state index < -0.39 is 12.3 Å². The maximum Gasteiger partial charge on any atom is 0.507 e. The molecule has 0 aliphatic carbocycles. The van der Waals surface area contributed by atoms with Crippen LogP contribution in [0.4, 0.5) is 9.59 Å². The van der Waals surface area contributed by atoms with Gasteiger partial charge in [0.05, 0.1) is 20.8 Å². The molecule has 0 aromatic heterocycles. The van der Waals surface area contributed by atoms with E-state index in [0.29, 0.717) is 6.61 Å². The average molecular weight is 208 g/mol. The van der Waals surface area contributed by atoms with Crippen molar-refractivity contribution in [2.24, 2.45) is 0 Å². The monoisotopic (exact) mass is 208 g/mol. The van der Waals surface area contributed by atoms with Gasteiger partial charge in [-0.05, 0) is 6.42 Å². The molecule has 0 radical (unpaired) electrons. The molecule has 0 amide bonds. The molecule has 0 saturated heterocycles. The second-order valence-electron chi connectivity index (χ2n) is 2.13. The summed E-state index contributed by atoms with van der Waals surface area (Å²) in [5.74, 6) is 0. The van der Waals surface area contributed by atoms with Crippen LogP contribution in [0.3, 0.4) is 0 Å². The molecular weight excluding hydrogens is 192 g/mol. The summed E-state index contributed by atoms with van der Waals surface area (Å²) in [5.41, 5.74) is 0. The number of methoxy groups -OCH3 is 2. The zero-order chi connectivity index (χ0) is 11.4. The van der Waals surface area contributed by atoms with Gasteiger partial charge in [0, 0.05) is 0 Å². The SMILES string of the molecule is CCCCOC(=O)OC.COC(=O)O. The molecule has 6 nitrogen and oxygen atoms in total. The maximum atomic E-state index is 10.2. The van der Waals surface area contributed by atoms with Crippen molar-refractivity contribution in [2.75, 3.05) is 20.8 Å². The second-order valence-corrected chi connectivity index (χ2v) is 2.13. The summed E-state index contributed by atoms with van der Waals surface area (Å²) in [7, 11) is 2.40. The van der Waals surface area contributed by atoms with Gasteiger partial charge in [0.25, 0.3) is 0 Å². The fourth-order valence-corrected chi connectivity index (χ4v) is 0.359. The lowest BCUT2D eigenvalue weighted by Gasteiger charge is -1.99. The summed E-state index contributed by atoms with van der Waals surface area (Å²) >= 11 is 0. The first-order valence-electron chi connectivity index (χ1n) is 4.06. The minimum Gasteiger partial charge on any atom is -0.450 e. The number of hydrogen-bond donors (Lipinski definition) is 1. The molecule has 1 N–H and O–H groups in total. The lowest BCUT2D eigenvalue weighted by molar-refractivity contribution is 0.0717. The van der Waals surface area contributed by atoms with Gasteiger partial charge < -0.3 is 19.3 Å². The van der Waals surface area contributed by atoms with Gasteiger partial charge >= 0.3 is 12.3 Å². The van der Waals surface area contributed by atoms with Crippen molar-refractivity contribution >= 4 is 12.3 Å². The zero-order valence-electron chi connectivity index (χ0n) is 8.61. The molecule has 84 valence electrons. The lowest BCUT2D eigenvalue weighted by Crippen LogP contribution is -2.04. The van der Waals surface area contributed by atoms with Gasteiger partial charge in [-0.25, -0.2) is 9.59 Å². The fourth-order valence-electron chi connectivity index (χ4n) is 0.359. The number of carbonyl (C=O) groups is 2. The van der Waals surface area contributed by atoms with Gasteiger partial charge in [-0.2, -0.15) is 0 Å². The molecule has 0 aromatic rings. The first-order chi connectivity index (χ1) is 6.58. The molecule has 0 aliphatic rings. The van der Waals surface area contributed by atoms with Crippen LogP contribution in [0.25, 0.3) is 0 Å². The van der Waals surface area contributed by atoms with E-state index in [4.69, 9.17) is 9.90 Å². The Kier molecular flexibility index (Phi) is 12.4. The second kappa shape index (κ2) is 11.5. The molecule has 0 spiro atoms. The highest BCUT2D eigenvalue weighted by Gasteiger charge is 1.96. The van der Waals surface area contributed by atoms with Gasteiger partial charge in [0.1, 0.15) is 0 Å². The van der Waals surface area contributed by atoms with Crippen LogP contribution in [-0.4, -0.2) is 38.2 Å². The van der Waals surface area contributed by atoms with Crippen LogP contribution in [0.2, 0.25) is 0 Å². The molecule has 0 aliphatic heterocycles. The summed E-state index contributed by atoms with van der Waals surface area (Å²) in [6, 6.07) is 0. The van der Waals surface area contributed by atoms with Crippen molar-refractivity contribution in [1.29, 1.82) is 0 Å². The molecular formula is C8H16O6. The first-order valence-corrected chi connectivity index (χ1v) is 4.06. The highest BCUT2D eigenvalue weighted by molar-refractivity contribution is 5.59. The quantitative estimate of drug-likeness (QED) is 0.563. The molecule has 0 saturated carbocycles. The van der Waals surface area contributed by atoms with Gasteiger partial charge in [-0.3, -0.25) is 0 Å². The normalized spacial score (nSPS) is 7.93. The molecule has 6 heteroatoms. The van der Waals surface area contributed by atoms with Crippen LogP contribution in [-0.2, 0) is 14.2 Å². The van der Waals surface area contributed by atoms with Gasteiger partial charge in [-0.1, -0.05) is 13.3 Å². The summed E-state index contributed by atoms with van der Waals surface area (Å²) in [5, 5.41) is 7.50. The Hall–Kier alpha value is -1.46. The van der Waals surface area contributed by atoms with Gasteiger partial charge in [0.15, 0.2) is 0 Å². The van der Waals surface area contributed by atoms with Crippen molar-refractivity contribution in [3.63, 3.8) is 0 Å². The van der Waals surface area contributed by atoms with Gasteiger partial charge in [-0.15, -0.1) is 0 Å². The third-order valence-electron chi connectivity index (χ3n) is 1.06. The molecule has 0 unspecified atom stereocenters. The standard InChI is InChI=1S/C6H12O3.C2H4O3/c1-3-4-5-9-6(7)8-2;1-5-2(3)4/h3-5H2,1-2H3;1H3,(H,3,4). The van der Waals surface area contributed by atoms with Crippen LogP contribution in [0.5, 0.6) is 0 Å². The van der Waals surface area contributed by atoms with Crippen molar-refractivity contribution in [3.8, 4) is 0 Å². The number of ether oxygens (including phenoxy) is 3. The van der Waals surface area contributed by atoms with Crippen molar-refractivity contribution in [3.05, 3.63) is 0 Å². The van der Waals surface area contributed by atoms with Crippen molar-refractivity contribution in [1.82, 2.24) is 0 Å². The molecule has 0 atom stereocenters. The summed E-state index contributed by atoms with van der Waals surface area (Å²) < 4.78 is 12.5. The Morgan fingerprint density at radius 3 is 2.00 bits per heavy atom. The highest BCUT2D eigenvalue weighted by atomic mass is 16.7. The van der Waals surface area contributed by atoms with E-state index in [2.05, 4.69) is 14.2 Å². The van der Waals surface area contributed by atoms with E-state index in [1.807, 2.05) is 6.92 Å². The predicted octanol–water partition coefficient (Wildman–Crippen LogP) is 1.88. The lowest BCUT2D eigenvalue weighted by atomic mass is 10.4. The van der Waals surface area contributed by atoms with E-state index in [0.717, 1.165) is 20.0 Å². The van der Waals surface area contributed by atoms with Gasteiger partial charge in [0.2, 0.25) is 0 Å². The van der Waals surface area contributed by atoms with Crippen LogP contribution in [0.1, 0.15) is 19.8 Å². The maximum absolute atomic E-state index is 10.2. The van der Waals surface area contributed by atoms with Crippen molar-refractivity contribution < 1.29 is 28.9 Å². The zero-order valence-corrected chi connectivity index (χ0v) is 8.61. The van der Waals surface area contributed by atoms with Crippen LogP contribution in [0, 0.1) is 0 Å². The molecule has 0 fully saturated rings. The van der Waals surface area contributed by atoms with Crippen LogP contribution in [0.15, 0.2) is 0 Å². The van der Waals surface area contributed by atoms with E-state index >= 15 is 0 Å². The van der Waals surface area contributed by atoms with E-state index in [1.165, 1.54) is 7.11 Å². The average Bonchev–Trinajstić information content (AvgIpc) is 2.19. The number of hydrogen-bond acceptors (Lipinski definition) is 5. The third kappa shape index (κ3) is 16.9. The first kappa shape index (κ1) is 15.0. The number of unbranched alkanes of at least 4 members (excludes halogenated alkanes) is 1. The summed E-state index contributed by atoms with van der Waals surface area (Å²) in [6.45, 7) is 2.49. The Morgan fingerprint density at radius 2 is 1.71 bits per heavy atom. The van der Waals surface area contributed by atoms with E-state index in [-0.39, 0.29) is 0 Å². The third-order valence-corrected chi connectivity index (χ3v) is 1.06. The minimum absolute atomic E-state index is 0.461. The van der Waals surface area contributed by atoms with Crippen molar-refractivity contribution in [2.45, 2.75) is 19.8 Å². The molecule has 0 rings (SSSR count). The highest BCUT2D eigenvalue weighted by Crippen LogP contribution is 1.89. The Bertz CT molecular complexity index is 156. The number of rotatable bonds is 3.